The number of thiophene rings is 1. The summed E-state index contributed by atoms with van der Waals surface area (Å²) < 4.78 is 35.1. The Labute approximate surface area is 256 Å². The van der Waals surface area contributed by atoms with Crippen molar-refractivity contribution in [2.24, 2.45) is 5.92 Å². The number of carbonyl (C=O) groups is 2. The standard InChI is InChI=1S/C30H37ClN4O5S2/c1-19(2)15-25(34-30(37)28-16-20-5-3-4-6-27(20)41-28)29(36)33-21-10-13-35(14-11-21)42(38,39)23-7-8-26(24(31)17-23)40-22-9-12-32-18-22/h3-8,16-17,19,21-22,25,32H,9-15,18H2,1-2H3,(H,33,36)(H,34,37). The first-order valence-corrected chi connectivity index (χ1v) is 17.0. The molecule has 5 rings (SSSR count). The van der Waals surface area contributed by atoms with Crippen LogP contribution in [0.3, 0.4) is 0 Å². The molecular formula is C30H37ClN4O5S2. The molecule has 2 saturated heterocycles. The summed E-state index contributed by atoms with van der Waals surface area (Å²) in [6, 6.07) is 13.3. The van der Waals surface area contributed by atoms with Crippen LogP contribution in [0.2, 0.25) is 5.02 Å². The van der Waals surface area contributed by atoms with Crippen molar-refractivity contribution in [3.05, 3.63) is 58.4 Å². The summed E-state index contributed by atoms with van der Waals surface area (Å²) in [6.45, 7) is 6.15. The van der Waals surface area contributed by atoms with Gasteiger partial charge in [-0.05, 0) is 73.9 Å². The molecule has 2 atom stereocenters. The molecule has 0 spiro atoms. The molecule has 2 unspecified atom stereocenters. The van der Waals surface area contributed by atoms with Gasteiger partial charge < -0.3 is 20.7 Å². The van der Waals surface area contributed by atoms with Crippen LogP contribution in [0.1, 0.15) is 49.2 Å². The van der Waals surface area contributed by atoms with Crippen molar-refractivity contribution in [1.29, 1.82) is 0 Å². The number of fused-ring (bicyclic) bond motifs is 1. The minimum absolute atomic E-state index is 0.0171. The molecule has 2 aromatic carbocycles. The maximum absolute atomic E-state index is 13.4. The highest BCUT2D eigenvalue weighted by Crippen LogP contribution is 2.31. The third-order valence-corrected chi connectivity index (χ3v) is 10.9. The van der Waals surface area contributed by atoms with Crippen LogP contribution in [0.4, 0.5) is 0 Å². The molecule has 2 aliphatic heterocycles. The van der Waals surface area contributed by atoms with E-state index in [4.69, 9.17) is 16.3 Å². The lowest BCUT2D eigenvalue weighted by atomic mass is 10.0. The zero-order valence-corrected chi connectivity index (χ0v) is 26.2. The van der Waals surface area contributed by atoms with Crippen LogP contribution in [0.15, 0.2) is 53.4 Å². The maximum Gasteiger partial charge on any atom is 0.262 e. The summed E-state index contributed by atoms with van der Waals surface area (Å²) in [5.74, 6) is 0.141. The minimum Gasteiger partial charge on any atom is -0.487 e. The van der Waals surface area contributed by atoms with Gasteiger partial charge in [0.05, 0.1) is 14.8 Å². The number of ether oxygens (including phenoxy) is 1. The second kappa shape index (κ2) is 13.3. The average Bonchev–Trinajstić information content (AvgIpc) is 3.64. The van der Waals surface area contributed by atoms with Gasteiger partial charge in [0, 0.05) is 30.4 Å². The highest BCUT2D eigenvalue weighted by Gasteiger charge is 2.32. The van der Waals surface area contributed by atoms with Crippen LogP contribution in [0, 0.1) is 5.92 Å². The monoisotopic (exact) mass is 632 g/mol. The summed E-state index contributed by atoms with van der Waals surface area (Å²) in [4.78, 5) is 27.0. The van der Waals surface area contributed by atoms with Gasteiger partial charge in [-0.15, -0.1) is 11.3 Å². The number of piperidine rings is 1. The zero-order chi connectivity index (χ0) is 29.9. The van der Waals surface area contributed by atoms with Gasteiger partial charge in [-0.2, -0.15) is 4.31 Å². The quantitative estimate of drug-likeness (QED) is 0.305. The average molecular weight is 633 g/mol. The number of nitrogens with zero attached hydrogens (tertiary/aromatic N) is 1. The van der Waals surface area contributed by atoms with Crippen LogP contribution < -0.4 is 20.7 Å². The van der Waals surface area contributed by atoms with Crippen molar-refractivity contribution in [2.75, 3.05) is 26.2 Å². The predicted molar refractivity (Wildman–Crippen MR) is 166 cm³/mol. The Kier molecular flexibility index (Phi) is 9.74. The number of carbonyl (C=O) groups excluding carboxylic acids is 2. The molecule has 12 heteroatoms. The Morgan fingerprint density at radius 2 is 1.88 bits per heavy atom. The number of hydrogen-bond donors (Lipinski definition) is 3. The lowest BCUT2D eigenvalue weighted by Gasteiger charge is -2.32. The van der Waals surface area contributed by atoms with E-state index in [2.05, 4.69) is 16.0 Å². The molecule has 9 nitrogen and oxygen atoms in total. The van der Waals surface area contributed by atoms with Gasteiger partial charge in [-0.1, -0.05) is 43.6 Å². The number of amides is 2. The molecule has 2 fully saturated rings. The Morgan fingerprint density at radius 3 is 2.55 bits per heavy atom. The molecule has 2 amide bonds. The Morgan fingerprint density at radius 1 is 1.12 bits per heavy atom. The highest BCUT2D eigenvalue weighted by molar-refractivity contribution is 7.89. The van der Waals surface area contributed by atoms with Crippen molar-refractivity contribution >= 4 is 54.9 Å². The first-order valence-electron chi connectivity index (χ1n) is 14.4. The van der Waals surface area contributed by atoms with Crippen LogP contribution >= 0.6 is 22.9 Å². The number of rotatable bonds is 10. The Balaban J connectivity index is 1.17. The predicted octanol–water partition coefficient (Wildman–Crippen LogP) is 4.41. The molecule has 3 N–H and O–H groups in total. The lowest BCUT2D eigenvalue weighted by molar-refractivity contribution is -0.124. The maximum atomic E-state index is 13.4. The lowest BCUT2D eigenvalue weighted by Crippen LogP contribution is -2.53. The molecule has 226 valence electrons. The van der Waals surface area contributed by atoms with Gasteiger partial charge in [0.25, 0.3) is 5.91 Å². The molecule has 3 heterocycles. The molecule has 0 bridgehead atoms. The van der Waals surface area contributed by atoms with Crippen molar-refractivity contribution < 1.29 is 22.7 Å². The number of benzene rings is 2. The third kappa shape index (κ3) is 7.26. The number of halogens is 1. The van der Waals surface area contributed by atoms with E-state index in [9.17, 15) is 18.0 Å². The second-order valence-electron chi connectivity index (χ2n) is 11.3. The summed E-state index contributed by atoms with van der Waals surface area (Å²) in [7, 11) is -3.76. The van der Waals surface area contributed by atoms with Crippen LogP contribution in [0.5, 0.6) is 5.75 Å². The molecular weight excluding hydrogens is 596 g/mol. The fourth-order valence-corrected chi connectivity index (χ4v) is 8.12. The largest absolute Gasteiger partial charge is 0.487 e. The van der Waals surface area contributed by atoms with Gasteiger partial charge in [0.2, 0.25) is 15.9 Å². The van der Waals surface area contributed by atoms with Crippen molar-refractivity contribution in [3.63, 3.8) is 0 Å². The molecule has 3 aromatic rings. The van der Waals surface area contributed by atoms with Gasteiger partial charge >= 0.3 is 0 Å². The van der Waals surface area contributed by atoms with E-state index < -0.39 is 16.1 Å². The zero-order valence-electron chi connectivity index (χ0n) is 23.8. The van der Waals surface area contributed by atoms with Gasteiger partial charge in [0.15, 0.2) is 0 Å². The van der Waals surface area contributed by atoms with E-state index in [0.717, 1.165) is 29.6 Å². The molecule has 0 radical (unpaired) electrons. The number of hydrogen-bond acceptors (Lipinski definition) is 7. The van der Waals surface area contributed by atoms with E-state index >= 15 is 0 Å². The molecule has 0 saturated carbocycles. The molecule has 2 aliphatic rings. The second-order valence-corrected chi connectivity index (χ2v) is 14.7. The fraction of sp³-hybridized carbons (Fsp3) is 0.467. The van der Waals surface area contributed by atoms with E-state index in [1.807, 2.05) is 44.2 Å². The number of nitrogens with one attached hydrogen (secondary N) is 3. The Hall–Kier alpha value is -2.70. The SMILES string of the molecule is CC(C)CC(NC(=O)c1cc2ccccc2s1)C(=O)NC1CCN(S(=O)(=O)c2ccc(OC3CCNC3)c(Cl)c2)CC1. The number of sulfonamides is 1. The van der Waals surface area contributed by atoms with Crippen molar-refractivity contribution in [1.82, 2.24) is 20.3 Å². The summed E-state index contributed by atoms with van der Waals surface area (Å²) >= 11 is 7.79. The molecule has 0 aliphatic carbocycles. The Bertz CT molecular complexity index is 1500. The molecule has 1 aromatic heterocycles. The van der Waals surface area contributed by atoms with Crippen molar-refractivity contribution in [3.8, 4) is 5.75 Å². The van der Waals surface area contributed by atoms with E-state index in [-0.39, 0.29) is 52.9 Å². The minimum atomic E-state index is -3.76. The van der Waals surface area contributed by atoms with Crippen LogP contribution in [0.25, 0.3) is 10.1 Å². The van der Waals surface area contributed by atoms with Crippen LogP contribution in [-0.4, -0.2) is 68.9 Å². The topological polar surface area (TPSA) is 117 Å². The summed E-state index contributed by atoms with van der Waals surface area (Å²) in [5.41, 5.74) is 0. The first kappa shape index (κ1) is 30.7. The normalized spacial score (nSPS) is 19.2. The van der Waals surface area contributed by atoms with Gasteiger partial charge in [-0.3, -0.25) is 9.59 Å². The highest BCUT2D eigenvalue weighted by atomic mass is 35.5. The van der Waals surface area contributed by atoms with E-state index in [1.54, 1.807) is 6.07 Å². The van der Waals surface area contributed by atoms with E-state index in [0.29, 0.717) is 29.9 Å². The summed E-state index contributed by atoms with van der Waals surface area (Å²) in [5, 5.41) is 10.5. The van der Waals surface area contributed by atoms with E-state index in [1.165, 1.54) is 27.8 Å². The fourth-order valence-electron chi connectivity index (χ4n) is 5.36. The smallest absolute Gasteiger partial charge is 0.262 e. The van der Waals surface area contributed by atoms with Gasteiger partial charge in [0.1, 0.15) is 17.9 Å². The van der Waals surface area contributed by atoms with Crippen molar-refractivity contribution in [2.45, 2.75) is 62.6 Å². The third-order valence-electron chi connectivity index (χ3n) is 7.63. The first-order chi connectivity index (χ1) is 20.1. The molecule has 42 heavy (non-hydrogen) atoms. The summed E-state index contributed by atoms with van der Waals surface area (Å²) in [6.07, 6.45) is 2.32. The van der Waals surface area contributed by atoms with Gasteiger partial charge in [-0.25, -0.2) is 8.42 Å². The van der Waals surface area contributed by atoms with Crippen LogP contribution in [-0.2, 0) is 14.8 Å².